The smallest absolute Gasteiger partial charge is 0.186 e. The molecule has 2 heterocycles. The number of fused-ring (bicyclic) bond motifs is 1. The summed E-state index contributed by atoms with van der Waals surface area (Å²) in [5.41, 5.74) is 0. The first-order valence-corrected chi connectivity index (χ1v) is 4.00. The monoisotopic (exact) mass is 172 g/mol. The van der Waals surface area contributed by atoms with Crippen molar-refractivity contribution in [1.82, 2.24) is 0 Å². The lowest BCUT2D eigenvalue weighted by molar-refractivity contribution is -0.200. The third kappa shape index (κ3) is 1.38. The van der Waals surface area contributed by atoms with Crippen molar-refractivity contribution in [1.29, 1.82) is 0 Å². The van der Waals surface area contributed by atoms with Crippen LogP contribution >= 0.6 is 0 Å². The van der Waals surface area contributed by atoms with Crippen LogP contribution in [-0.2, 0) is 14.2 Å². The third-order valence-corrected chi connectivity index (χ3v) is 2.04. The van der Waals surface area contributed by atoms with Gasteiger partial charge in [0.05, 0.1) is 13.2 Å². The zero-order valence-electron chi connectivity index (χ0n) is 6.68. The van der Waals surface area contributed by atoms with E-state index in [2.05, 4.69) is 6.58 Å². The highest BCUT2D eigenvalue weighted by Crippen LogP contribution is 2.33. The van der Waals surface area contributed by atoms with E-state index in [0.717, 1.165) is 0 Å². The van der Waals surface area contributed by atoms with Gasteiger partial charge in [-0.05, 0) is 0 Å². The van der Waals surface area contributed by atoms with Gasteiger partial charge >= 0.3 is 0 Å². The molecule has 0 amide bonds. The fourth-order valence-corrected chi connectivity index (χ4v) is 1.34. The van der Waals surface area contributed by atoms with Gasteiger partial charge in [0.15, 0.2) is 6.29 Å². The van der Waals surface area contributed by atoms with E-state index < -0.39 is 12.4 Å². The summed E-state index contributed by atoms with van der Waals surface area (Å²) >= 11 is 0. The van der Waals surface area contributed by atoms with E-state index in [1.165, 1.54) is 0 Å². The Bertz CT molecular complexity index is 182. The van der Waals surface area contributed by atoms with E-state index in [1.54, 1.807) is 6.08 Å². The number of aliphatic hydroxyl groups excluding tert-OH is 1. The first-order chi connectivity index (χ1) is 5.83. The lowest BCUT2D eigenvalue weighted by Crippen LogP contribution is -2.41. The number of aliphatic hydroxyl groups is 1. The Kier molecular flexibility index (Phi) is 2.14. The Labute approximate surface area is 70.7 Å². The first kappa shape index (κ1) is 8.19. The lowest BCUT2D eigenvalue weighted by Gasteiger charge is -2.24. The van der Waals surface area contributed by atoms with Gasteiger partial charge in [-0.25, -0.2) is 0 Å². The van der Waals surface area contributed by atoms with Crippen LogP contribution in [0, 0.1) is 0 Å². The van der Waals surface area contributed by atoms with Crippen molar-refractivity contribution in [3.63, 3.8) is 0 Å². The topological polar surface area (TPSA) is 51.2 Å². The molecule has 1 N–H and O–H groups in total. The quantitative estimate of drug-likeness (QED) is 0.468. The molecule has 0 spiro atoms. The van der Waals surface area contributed by atoms with Crippen LogP contribution in [0.5, 0.6) is 0 Å². The molecule has 2 aliphatic heterocycles. The van der Waals surface area contributed by atoms with E-state index >= 15 is 0 Å². The molecule has 0 bridgehead atoms. The molecule has 0 aromatic carbocycles. The molecular weight excluding hydrogens is 160 g/mol. The summed E-state index contributed by atoms with van der Waals surface area (Å²) in [6.45, 7) is 4.41. The molecular formula is C8H12O4. The van der Waals surface area contributed by atoms with Crippen molar-refractivity contribution in [3.05, 3.63) is 12.7 Å². The van der Waals surface area contributed by atoms with Crippen LogP contribution in [0.3, 0.4) is 0 Å². The van der Waals surface area contributed by atoms with Gasteiger partial charge in [-0.1, -0.05) is 6.08 Å². The Morgan fingerprint density at radius 2 is 2.50 bits per heavy atom. The van der Waals surface area contributed by atoms with E-state index in [1.807, 2.05) is 0 Å². The number of hydrogen-bond donors (Lipinski definition) is 1. The highest BCUT2D eigenvalue weighted by atomic mass is 16.7. The average Bonchev–Trinajstić information content (AvgIpc) is 2.83. The predicted molar refractivity (Wildman–Crippen MR) is 40.6 cm³/mol. The summed E-state index contributed by atoms with van der Waals surface area (Å²) in [7, 11) is 0. The number of ether oxygens (including phenoxy) is 3. The van der Waals surface area contributed by atoms with Gasteiger partial charge in [0.25, 0.3) is 0 Å². The molecule has 2 rings (SSSR count). The second-order valence-corrected chi connectivity index (χ2v) is 2.95. The van der Waals surface area contributed by atoms with Crippen molar-refractivity contribution in [2.45, 2.75) is 24.6 Å². The molecule has 2 saturated heterocycles. The van der Waals surface area contributed by atoms with Gasteiger partial charge in [-0.3, -0.25) is 0 Å². The maximum atomic E-state index is 9.50. The van der Waals surface area contributed by atoms with Crippen molar-refractivity contribution >= 4 is 0 Å². The van der Waals surface area contributed by atoms with Crippen LogP contribution in [-0.4, -0.2) is 42.9 Å². The standard InChI is InChI=1S/C8H12O4/c1-2-3-10-8-6(9)7-5(12-7)4-11-8/h2,5-9H,1,3-4H2/t5-,6-,7-,8-/m0/s1. The SMILES string of the molecule is C=CCO[C@H]1OC[C@@H]2O[C@@H]2[C@@H]1O. The van der Waals surface area contributed by atoms with Gasteiger partial charge < -0.3 is 19.3 Å². The molecule has 0 aromatic rings. The van der Waals surface area contributed by atoms with E-state index in [-0.39, 0.29) is 12.2 Å². The maximum Gasteiger partial charge on any atom is 0.186 e. The minimum atomic E-state index is -0.649. The van der Waals surface area contributed by atoms with Gasteiger partial charge in [0.1, 0.15) is 18.3 Å². The van der Waals surface area contributed by atoms with Gasteiger partial charge in [-0.15, -0.1) is 6.58 Å². The van der Waals surface area contributed by atoms with Crippen LogP contribution < -0.4 is 0 Å². The zero-order chi connectivity index (χ0) is 8.55. The van der Waals surface area contributed by atoms with Crippen LogP contribution in [0.25, 0.3) is 0 Å². The second-order valence-electron chi connectivity index (χ2n) is 2.95. The number of hydrogen-bond acceptors (Lipinski definition) is 4. The fraction of sp³-hybridized carbons (Fsp3) is 0.750. The first-order valence-electron chi connectivity index (χ1n) is 4.00. The molecule has 0 unspecified atom stereocenters. The average molecular weight is 172 g/mol. The largest absolute Gasteiger partial charge is 0.385 e. The Hall–Kier alpha value is -0.420. The molecule has 2 fully saturated rings. The van der Waals surface area contributed by atoms with Crippen molar-refractivity contribution < 1.29 is 19.3 Å². The molecule has 0 saturated carbocycles. The van der Waals surface area contributed by atoms with E-state index in [9.17, 15) is 5.11 Å². The minimum Gasteiger partial charge on any atom is -0.385 e. The predicted octanol–water partition coefficient (Wildman–Crippen LogP) is -0.326. The molecule has 4 atom stereocenters. The third-order valence-electron chi connectivity index (χ3n) is 2.04. The Balaban J connectivity index is 1.84. The fourth-order valence-electron chi connectivity index (χ4n) is 1.34. The Morgan fingerprint density at radius 1 is 1.67 bits per heavy atom. The molecule has 0 radical (unpaired) electrons. The molecule has 4 heteroatoms. The highest BCUT2D eigenvalue weighted by molar-refractivity contribution is 4.95. The summed E-state index contributed by atoms with van der Waals surface area (Å²) in [5, 5.41) is 9.50. The van der Waals surface area contributed by atoms with Crippen molar-refractivity contribution in [2.24, 2.45) is 0 Å². The van der Waals surface area contributed by atoms with Gasteiger partial charge in [0, 0.05) is 0 Å². The van der Waals surface area contributed by atoms with Gasteiger partial charge in [0.2, 0.25) is 0 Å². The number of epoxide rings is 1. The van der Waals surface area contributed by atoms with Crippen LogP contribution in [0.2, 0.25) is 0 Å². The maximum absolute atomic E-state index is 9.50. The van der Waals surface area contributed by atoms with E-state index in [4.69, 9.17) is 14.2 Å². The number of rotatable bonds is 3. The van der Waals surface area contributed by atoms with Crippen molar-refractivity contribution in [3.8, 4) is 0 Å². The molecule has 0 aliphatic carbocycles. The highest BCUT2D eigenvalue weighted by Gasteiger charge is 2.52. The summed E-state index contributed by atoms with van der Waals surface area (Å²) in [6.07, 6.45) is 0.434. The molecule has 2 aliphatic rings. The molecule has 68 valence electrons. The van der Waals surface area contributed by atoms with Crippen LogP contribution in [0.15, 0.2) is 12.7 Å². The van der Waals surface area contributed by atoms with Crippen molar-refractivity contribution in [2.75, 3.05) is 13.2 Å². The normalized spacial score (nSPS) is 45.1. The minimum absolute atomic E-state index is 0.0754. The molecule has 4 nitrogen and oxygen atoms in total. The molecule has 12 heavy (non-hydrogen) atoms. The lowest BCUT2D eigenvalue weighted by atomic mass is 10.1. The summed E-state index contributed by atoms with van der Waals surface area (Å²) in [5.74, 6) is 0. The van der Waals surface area contributed by atoms with E-state index in [0.29, 0.717) is 13.2 Å². The second kappa shape index (κ2) is 3.14. The Morgan fingerprint density at radius 3 is 3.25 bits per heavy atom. The summed E-state index contributed by atoms with van der Waals surface area (Å²) in [6, 6.07) is 0. The summed E-state index contributed by atoms with van der Waals surface area (Å²) in [4.78, 5) is 0. The zero-order valence-corrected chi connectivity index (χ0v) is 6.68. The summed E-state index contributed by atoms with van der Waals surface area (Å²) < 4.78 is 15.5. The van der Waals surface area contributed by atoms with Crippen LogP contribution in [0.1, 0.15) is 0 Å². The van der Waals surface area contributed by atoms with Crippen LogP contribution in [0.4, 0.5) is 0 Å². The van der Waals surface area contributed by atoms with Gasteiger partial charge in [-0.2, -0.15) is 0 Å². The molecule has 0 aromatic heterocycles.